The molecular weight excluding hydrogens is 308 g/mol. The highest BCUT2D eigenvalue weighted by Gasteiger charge is 2.31. The molecule has 0 saturated heterocycles. The molecule has 0 fully saturated rings. The largest absolute Gasteiger partial charge is 0.282 e. The van der Waals surface area contributed by atoms with Crippen LogP contribution in [0.1, 0.15) is 40.5 Å². The highest BCUT2D eigenvalue weighted by molar-refractivity contribution is 6.12. The number of rotatable bonds is 9. The van der Waals surface area contributed by atoms with E-state index in [1.165, 1.54) is 23.1 Å². The SMILES string of the molecule is C/C=C\C(=O)N(C=O)CCC(C)CC(C)(C)CN1C(=O)C=CC1=O. The molecule has 0 aromatic rings. The minimum Gasteiger partial charge on any atom is -0.282 e. The summed E-state index contributed by atoms with van der Waals surface area (Å²) in [5.74, 6) is -0.630. The van der Waals surface area contributed by atoms with Crippen molar-refractivity contribution in [3.63, 3.8) is 0 Å². The van der Waals surface area contributed by atoms with Crippen molar-refractivity contribution in [1.82, 2.24) is 9.80 Å². The second-order valence-electron chi connectivity index (χ2n) is 7.00. The lowest BCUT2D eigenvalue weighted by Gasteiger charge is -2.32. The number of amides is 4. The third-order valence-corrected chi connectivity index (χ3v) is 3.97. The van der Waals surface area contributed by atoms with Crippen LogP contribution in [0, 0.1) is 11.3 Å². The maximum Gasteiger partial charge on any atom is 0.253 e. The van der Waals surface area contributed by atoms with E-state index in [9.17, 15) is 19.2 Å². The van der Waals surface area contributed by atoms with Crippen molar-refractivity contribution >= 4 is 24.1 Å². The van der Waals surface area contributed by atoms with E-state index >= 15 is 0 Å². The first-order chi connectivity index (χ1) is 11.2. The lowest BCUT2D eigenvalue weighted by molar-refractivity contribution is -0.139. The first-order valence-corrected chi connectivity index (χ1v) is 8.12. The quantitative estimate of drug-likeness (QED) is 0.367. The van der Waals surface area contributed by atoms with Crippen molar-refractivity contribution in [2.45, 2.75) is 40.5 Å². The fourth-order valence-corrected chi connectivity index (χ4v) is 2.94. The Morgan fingerprint density at radius 1 is 1.29 bits per heavy atom. The van der Waals surface area contributed by atoms with Crippen LogP contribution in [0.4, 0.5) is 0 Å². The maximum atomic E-state index is 11.7. The summed E-state index contributed by atoms with van der Waals surface area (Å²) in [6.07, 6.45) is 7.53. The molecule has 0 aromatic heterocycles. The van der Waals surface area contributed by atoms with Crippen LogP contribution >= 0.6 is 0 Å². The summed E-state index contributed by atoms with van der Waals surface area (Å²) in [6.45, 7) is 8.48. The summed E-state index contributed by atoms with van der Waals surface area (Å²) < 4.78 is 0. The summed E-state index contributed by atoms with van der Waals surface area (Å²) in [5.41, 5.74) is -0.240. The first kappa shape index (κ1) is 19.8. The Bertz CT molecular complexity index is 545. The van der Waals surface area contributed by atoms with Gasteiger partial charge in [0, 0.05) is 25.2 Å². The second-order valence-corrected chi connectivity index (χ2v) is 7.00. The first-order valence-electron chi connectivity index (χ1n) is 8.12. The van der Waals surface area contributed by atoms with E-state index in [1.54, 1.807) is 13.0 Å². The van der Waals surface area contributed by atoms with Crippen molar-refractivity contribution in [2.75, 3.05) is 13.1 Å². The molecule has 6 heteroatoms. The minimum atomic E-state index is -0.321. The number of imide groups is 2. The van der Waals surface area contributed by atoms with Crippen LogP contribution < -0.4 is 0 Å². The molecule has 24 heavy (non-hydrogen) atoms. The van der Waals surface area contributed by atoms with Gasteiger partial charge in [-0.25, -0.2) is 0 Å². The molecule has 1 rings (SSSR count). The molecule has 0 aromatic carbocycles. The molecule has 0 radical (unpaired) electrons. The van der Waals surface area contributed by atoms with Crippen LogP contribution in [0.5, 0.6) is 0 Å². The molecule has 0 bridgehead atoms. The fourth-order valence-electron chi connectivity index (χ4n) is 2.94. The van der Waals surface area contributed by atoms with E-state index in [0.29, 0.717) is 25.9 Å². The van der Waals surface area contributed by atoms with Crippen molar-refractivity contribution in [3.05, 3.63) is 24.3 Å². The molecule has 4 amide bonds. The molecule has 0 aliphatic carbocycles. The van der Waals surface area contributed by atoms with Gasteiger partial charge in [0.2, 0.25) is 6.41 Å². The molecule has 1 aliphatic rings. The maximum absolute atomic E-state index is 11.7. The molecule has 0 saturated carbocycles. The van der Waals surface area contributed by atoms with Gasteiger partial charge >= 0.3 is 0 Å². The zero-order valence-corrected chi connectivity index (χ0v) is 14.8. The number of nitrogens with zero attached hydrogens (tertiary/aromatic N) is 2. The van der Waals surface area contributed by atoms with Crippen molar-refractivity contribution in [1.29, 1.82) is 0 Å². The molecule has 0 spiro atoms. The number of allylic oxidation sites excluding steroid dienone is 1. The van der Waals surface area contributed by atoms with Gasteiger partial charge < -0.3 is 0 Å². The number of carbonyl (C=O) groups is 4. The summed E-state index contributed by atoms with van der Waals surface area (Å²) in [6, 6.07) is 0. The predicted molar refractivity (Wildman–Crippen MR) is 90.6 cm³/mol. The Balaban J connectivity index is 2.52. The van der Waals surface area contributed by atoms with Gasteiger partial charge in [0.15, 0.2) is 0 Å². The summed E-state index contributed by atoms with van der Waals surface area (Å²) in [4.78, 5) is 48.4. The van der Waals surface area contributed by atoms with E-state index in [0.717, 1.165) is 11.3 Å². The summed E-state index contributed by atoms with van der Waals surface area (Å²) >= 11 is 0. The molecule has 132 valence electrons. The molecule has 1 heterocycles. The minimum absolute atomic E-state index is 0.238. The topological polar surface area (TPSA) is 74.8 Å². The van der Waals surface area contributed by atoms with Crippen LogP contribution in [0.3, 0.4) is 0 Å². The normalized spacial score (nSPS) is 16.1. The van der Waals surface area contributed by atoms with E-state index in [-0.39, 0.29) is 29.1 Å². The zero-order chi connectivity index (χ0) is 18.3. The van der Waals surface area contributed by atoms with Gasteiger partial charge in [-0.1, -0.05) is 26.8 Å². The Morgan fingerprint density at radius 3 is 2.38 bits per heavy atom. The summed E-state index contributed by atoms with van der Waals surface area (Å²) in [5, 5.41) is 0. The lowest BCUT2D eigenvalue weighted by Crippen LogP contribution is -2.39. The van der Waals surface area contributed by atoms with Crippen LogP contribution in [0.25, 0.3) is 0 Å². The van der Waals surface area contributed by atoms with Gasteiger partial charge in [-0.15, -0.1) is 0 Å². The predicted octanol–water partition coefficient (Wildman–Crippen LogP) is 1.91. The van der Waals surface area contributed by atoms with Crippen LogP contribution in [0.15, 0.2) is 24.3 Å². The fraction of sp³-hybridized carbons (Fsp3) is 0.556. The number of hydrogen-bond acceptors (Lipinski definition) is 4. The van der Waals surface area contributed by atoms with Crippen molar-refractivity contribution in [3.8, 4) is 0 Å². The Morgan fingerprint density at radius 2 is 1.88 bits per heavy atom. The van der Waals surface area contributed by atoms with E-state index in [1.807, 2.05) is 20.8 Å². The summed E-state index contributed by atoms with van der Waals surface area (Å²) in [7, 11) is 0. The zero-order valence-electron chi connectivity index (χ0n) is 14.8. The number of carbonyl (C=O) groups excluding carboxylic acids is 4. The smallest absolute Gasteiger partial charge is 0.253 e. The van der Waals surface area contributed by atoms with Gasteiger partial charge in [0.25, 0.3) is 17.7 Å². The van der Waals surface area contributed by atoms with Gasteiger partial charge in [-0.2, -0.15) is 0 Å². The third kappa shape index (κ3) is 5.76. The van der Waals surface area contributed by atoms with Crippen LogP contribution in [0.2, 0.25) is 0 Å². The van der Waals surface area contributed by atoms with Gasteiger partial charge in [0.1, 0.15) is 0 Å². The lowest BCUT2D eigenvalue weighted by atomic mass is 9.81. The third-order valence-electron chi connectivity index (χ3n) is 3.97. The Hall–Kier alpha value is -2.24. The van der Waals surface area contributed by atoms with Crippen molar-refractivity contribution < 1.29 is 19.2 Å². The van der Waals surface area contributed by atoms with E-state index < -0.39 is 0 Å². The van der Waals surface area contributed by atoms with Crippen molar-refractivity contribution in [2.24, 2.45) is 11.3 Å². The molecule has 6 nitrogen and oxygen atoms in total. The second kappa shape index (κ2) is 8.57. The van der Waals surface area contributed by atoms with E-state index in [4.69, 9.17) is 0 Å². The molecule has 1 unspecified atom stereocenters. The van der Waals surface area contributed by atoms with Gasteiger partial charge in [0.05, 0.1) is 0 Å². The molecule has 1 atom stereocenters. The molecular formula is C18H26N2O4. The van der Waals surface area contributed by atoms with Gasteiger partial charge in [-0.05, 0) is 37.2 Å². The highest BCUT2D eigenvalue weighted by atomic mass is 16.2. The average Bonchev–Trinajstić information content (AvgIpc) is 2.79. The standard InChI is InChI=1S/C18H26N2O4/c1-5-6-15(22)19(13-21)10-9-14(2)11-18(3,4)12-20-16(23)7-8-17(20)24/h5-8,13-14H,9-12H2,1-4H3/b6-5-. The van der Waals surface area contributed by atoms with Crippen LogP contribution in [-0.4, -0.2) is 47.0 Å². The van der Waals surface area contributed by atoms with E-state index in [2.05, 4.69) is 0 Å². The van der Waals surface area contributed by atoms with Gasteiger partial charge in [-0.3, -0.25) is 29.0 Å². The average molecular weight is 334 g/mol. The molecule has 1 aliphatic heterocycles. The van der Waals surface area contributed by atoms with Crippen LogP contribution in [-0.2, 0) is 19.2 Å². The Kier molecular flexibility index (Phi) is 7.07. The number of hydrogen-bond donors (Lipinski definition) is 0. The Labute approximate surface area is 143 Å². The molecule has 0 N–H and O–H groups in total. The monoisotopic (exact) mass is 334 g/mol. The highest BCUT2D eigenvalue weighted by Crippen LogP contribution is 2.29.